The van der Waals surface area contributed by atoms with Crippen LogP contribution in [0.15, 0.2) is 42.5 Å². The Morgan fingerprint density at radius 3 is 2.18 bits per heavy atom. The molecule has 17 heavy (non-hydrogen) atoms. The van der Waals surface area contributed by atoms with Gasteiger partial charge in [-0.2, -0.15) is 0 Å². The summed E-state index contributed by atoms with van der Waals surface area (Å²) in [5.74, 6) is 0. The lowest BCUT2D eigenvalue weighted by molar-refractivity contribution is 1.38. The summed E-state index contributed by atoms with van der Waals surface area (Å²) in [7, 11) is 0. The Morgan fingerprint density at radius 1 is 0.647 bits per heavy atom. The second-order valence-electron chi connectivity index (χ2n) is 4.89. The number of fused-ring (bicyclic) bond motifs is 3. The molecule has 0 aliphatic heterocycles. The third-order valence-corrected chi connectivity index (χ3v) is 3.71. The first-order chi connectivity index (χ1) is 8.16. The van der Waals surface area contributed by atoms with Gasteiger partial charge in [-0.25, -0.2) is 0 Å². The van der Waals surface area contributed by atoms with Gasteiger partial charge in [0.15, 0.2) is 0 Å². The highest BCUT2D eigenvalue weighted by Crippen LogP contribution is 2.29. The maximum atomic E-state index is 2.28. The van der Waals surface area contributed by atoms with Crippen LogP contribution < -0.4 is 0 Å². The molecule has 84 valence electrons. The maximum Gasteiger partial charge on any atom is -0.0102 e. The molecule has 0 N–H and O–H groups in total. The van der Waals surface area contributed by atoms with Crippen LogP contribution in [0.1, 0.15) is 16.7 Å². The molecule has 0 amide bonds. The van der Waals surface area contributed by atoms with E-state index in [0.29, 0.717) is 0 Å². The van der Waals surface area contributed by atoms with Crippen LogP contribution in [0.5, 0.6) is 0 Å². The van der Waals surface area contributed by atoms with Crippen LogP contribution in [-0.4, -0.2) is 0 Å². The first-order valence-electron chi connectivity index (χ1n) is 6.06. The van der Waals surface area contributed by atoms with E-state index in [9.17, 15) is 0 Å². The Bertz CT molecular complexity index is 721. The van der Waals surface area contributed by atoms with Gasteiger partial charge in [0.25, 0.3) is 0 Å². The van der Waals surface area contributed by atoms with Gasteiger partial charge < -0.3 is 0 Å². The molecule has 0 aliphatic carbocycles. The molecule has 0 heteroatoms. The van der Waals surface area contributed by atoms with E-state index < -0.39 is 0 Å². The van der Waals surface area contributed by atoms with Crippen LogP contribution in [-0.2, 0) is 0 Å². The van der Waals surface area contributed by atoms with E-state index in [0.717, 1.165) is 0 Å². The van der Waals surface area contributed by atoms with E-state index in [4.69, 9.17) is 0 Å². The summed E-state index contributed by atoms with van der Waals surface area (Å²) in [4.78, 5) is 0. The molecular formula is C17H16. The monoisotopic (exact) mass is 220 g/mol. The lowest BCUT2D eigenvalue weighted by Crippen LogP contribution is -1.85. The van der Waals surface area contributed by atoms with Crippen molar-refractivity contribution in [3.8, 4) is 0 Å². The largest absolute Gasteiger partial charge is 0.0587 e. The lowest BCUT2D eigenvalue weighted by atomic mass is 9.95. The first-order valence-corrected chi connectivity index (χ1v) is 6.06. The van der Waals surface area contributed by atoms with Crippen molar-refractivity contribution in [3.63, 3.8) is 0 Å². The topological polar surface area (TPSA) is 0 Å². The van der Waals surface area contributed by atoms with Crippen molar-refractivity contribution in [1.29, 1.82) is 0 Å². The second-order valence-corrected chi connectivity index (χ2v) is 4.89. The zero-order chi connectivity index (χ0) is 12.0. The molecular weight excluding hydrogens is 204 g/mol. The smallest absolute Gasteiger partial charge is 0.0102 e. The van der Waals surface area contributed by atoms with Crippen molar-refractivity contribution in [1.82, 2.24) is 0 Å². The third kappa shape index (κ3) is 1.52. The summed E-state index contributed by atoms with van der Waals surface area (Å²) < 4.78 is 0. The molecule has 0 atom stereocenters. The number of aryl methyl sites for hydroxylation is 3. The quantitative estimate of drug-likeness (QED) is 0.472. The van der Waals surface area contributed by atoms with E-state index in [1.54, 1.807) is 0 Å². The normalized spacial score (nSPS) is 11.2. The SMILES string of the molecule is Cc1ccc2ccc3c(C)c(C)ccc3c2c1. The molecule has 0 saturated heterocycles. The lowest BCUT2D eigenvalue weighted by Gasteiger charge is -2.09. The fraction of sp³-hybridized carbons (Fsp3) is 0.176. The Hall–Kier alpha value is -1.82. The van der Waals surface area contributed by atoms with Crippen LogP contribution in [0.4, 0.5) is 0 Å². The minimum absolute atomic E-state index is 1.32. The van der Waals surface area contributed by atoms with Gasteiger partial charge in [0.05, 0.1) is 0 Å². The number of hydrogen-bond acceptors (Lipinski definition) is 0. The van der Waals surface area contributed by atoms with Gasteiger partial charge in [0.1, 0.15) is 0 Å². The van der Waals surface area contributed by atoms with Crippen LogP contribution >= 0.6 is 0 Å². The molecule has 0 unspecified atom stereocenters. The van der Waals surface area contributed by atoms with Crippen molar-refractivity contribution in [3.05, 3.63) is 59.2 Å². The van der Waals surface area contributed by atoms with Crippen LogP contribution in [0.2, 0.25) is 0 Å². The van der Waals surface area contributed by atoms with Crippen molar-refractivity contribution >= 4 is 21.5 Å². The minimum atomic E-state index is 1.32. The third-order valence-electron chi connectivity index (χ3n) is 3.71. The summed E-state index contributed by atoms with van der Waals surface area (Å²) in [5, 5.41) is 5.44. The molecule has 0 spiro atoms. The van der Waals surface area contributed by atoms with Gasteiger partial charge in [-0.3, -0.25) is 0 Å². The minimum Gasteiger partial charge on any atom is -0.0587 e. The van der Waals surface area contributed by atoms with Crippen molar-refractivity contribution < 1.29 is 0 Å². The summed E-state index contributed by atoms with van der Waals surface area (Å²) in [6.45, 7) is 6.54. The van der Waals surface area contributed by atoms with E-state index >= 15 is 0 Å². The summed E-state index contributed by atoms with van der Waals surface area (Å²) in [5.41, 5.74) is 4.08. The standard InChI is InChI=1S/C17H16/c1-11-4-6-14-7-9-15-13(3)12(2)5-8-16(15)17(14)10-11/h4-10H,1-3H3. The summed E-state index contributed by atoms with van der Waals surface area (Å²) in [6, 6.07) is 15.6. The van der Waals surface area contributed by atoms with Crippen molar-refractivity contribution in [2.75, 3.05) is 0 Å². The molecule has 0 nitrogen and oxygen atoms in total. The molecule has 0 aromatic heterocycles. The van der Waals surface area contributed by atoms with E-state index in [1.807, 2.05) is 0 Å². The number of benzene rings is 3. The van der Waals surface area contributed by atoms with E-state index in [1.165, 1.54) is 38.2 Å². The van der Waals surface area contributed by atoms with Gasteiger partial charge in [-0.1, -0.05) is 48.0 Å². The van der Waals surface area contributed by atoms with Crippen molar-refractivity contribution in [2.24, 2.45) is 0 Å². The van der Waals surface area contributed by atoms with Crippen LogP contribution in [0.3, 0.4) is 0 Å². The van der Waals surface area contributed by atoms with Crippen LogP contribution in [0.25, 0.3) is 21.5 Å². The number of rotatable bonds is 0. The molecule has 0 radical (unpaired) electrons. The molecule has 0 fully saturated rings. The van der Waals surface area contributed by atoms with E-state index in [-0.39, 0.29) is 0 Å². The fourth-order valence-electron chi connectivity index (χ4n) is 2.51. The zero-order valence-electron chi connectivity index (χ0n) is 10.5. The average Bonchev–Trinajstić information content (AvgIpc) is 2.33. The Labute approximate surface area is 102 Å². The molecule has 0 heterocycles. The van der Waals surface area contributed by atoms with Crippen LogP contribution in [0, 0.1) is 20.8 Å². The second kappa shape index (κ2) is 3.59. The molecule has 0 aliphatic rings. The Morgan fingerprint density at radius 2 is 1.35 bits per heavy atom. The molecule has 3 aromatic rings. The molecule has 3 aromatic carbocycles. The highest BCUT2D eigenvalue weighted by Gasteiger charge is 2.04. The summed E-state index contributed by atoms with van der Waals surface area (Å²) in [6.07, 6.45) is 0. The molecule has 3 rings (SSSR count). The van der Waals surface area contributed by atoms with Gasteiger partial charge in [-0.15, -0.1) is 0 Å². The number of hydrogen-bond donors (Lipinski definition) is 0. The van der Waals surface area contributed by atoms with Gasteiger partial charge in [0, 0.05) is 0 Å². The Kier molecular flexibility index (Phi) is 2.19. The van der Waals surface area contributed by atoms with Crippen molar-refractivity contribution in [2.45, 2.75) is 20.8 Å². The molecule has 0 bridgehead atoms. The Balaban J connectivity index is 2.56. The summed E-state index contributed by atoms with van der Waals surface area (Å²) >= 11 is 0. The first kappa shape index (κ1) is 10.3. The van der Waals surface area contributed by atoms with Gasteiger partial charge >= 0.3 is 0 Å². The average molecular weight is 220 g/mol. The van der Waals surface area contributed by atoms with Gasteiger partial charge in [0.2, 0.25) is 0 Å². The zero-order valence-corrected chi connectivity index (χ0v) is 10.5. The fourth-order valence-corrected chi connectivity index (χ4v) is 2.51. The maximum absolute atomic E-state index is 2.28. The van der Waals surface area contributed by atoms with Gasteiger partial charge in [-0.05, 0) is 53.4 Å². The predicted octanol–water partition coefficient (Wildman–Crippen LogP) is 4.92. The highest BCUT2D eigenvalue weighted by molar-refractivity contribution is 6.08. The van der Waals surface area contributed by atoms with E-state index in [2.05, 4.69) is 63.2 Å². The molecule has 0 saturated carbocycles. The predicted molar refractivity (Wildman–Crippen MR) is 75.7 cm³/mol. The highest BCUT2D eigenvalue weighted by atomic mass is 14.1.